The van der Waals surface area contributed by atoms with E-state index in [0.717, 1.165) is 5.13 Å². The summed E-state index contributed by atoms with van der Waals surface area (Å²) in [5, 5.41) is 9.72. The van der Waals surface area contributed by atoms with Gasteiger partial charge < -0.3 is 14.9 Å². The van der Waals surface area contributed by atoms with Crippen LogP contribution in [-0.2, 0) is 4.79 Å². The Morgan fingerprint density at radius 1 is 1.28 bits per heavy atom. The quantitative estimate of drug-likeness (QED) is 0.860. The number of amides is 1. The molecule has 6 nitrogen and oxygen atoms in total. The number of anilines is 1. The Morgan fingerprint density at radius 2 is 1.89 bits per heavy atom. The second-order valence-corrected chi connectivity index (χ2v) is 5.19. The summed E-state index contributed by atoms with van der Waals surface area (Å²) in [6.07, 6.45) is 0. The van der Waals surface area contributed by atoms with Gasteiger partial charge in [-0.3, -0.25) is 4.79 Å². The summed E-state index contributed by atoms with van der Waals surface area (Å²) < 4.78 is 0. The molecule has 1 aromatic heterocycles. The van der Waals surface area contributed by atoms with Crippen molar-refractivity contribution < 1.29 is 14.7 Å². The van der Waals surface area contributed by atoms with Gasteiger partial charge in [0.15, 0.2) is 5.13 Å². The summed E-state index contributed by atoms with van der Waals surface area (Å²) in [7, 11) is 0. The van der Waals surface area contributed by atoms with Gasteiger partial charge in [0, 0.05) is 33.1 Å². The molecule has 0 spiro atoms. The summed E-state index contributed by atoms with van der Waals surface area (Å²) in [6.45, 7) is 5.99. The molecule has 0 atom stereocenters. The predicted octanol–water partition coefficient (Wildman–Crippen LogP) is 0.818. The number of rotatable bonds is 2. The molecule has 1 N–H and O–H groups in total. The third-order valence-corrected chi connectivity index (χ3v) is 4.18. The number of carboxylic acids is 1. The van der Waals surface area contributed by atoms with Crippen molar-refractivity contribution in [3.63, 3.8) is 0 Å². The molecule has 1 amide bonds. The SMILES string of the molecule is CC(=O)N1CCN(c2nc(C)c(C(=O)O)s2)CC1. The number of nitrogens with zero attached hydrogens (tertiary/aromatic N) is 3. The molecule has 98 valence electrons. The van der Waals surface area contributed by atoms with Crippen molar-refractivity contribution in [3.05, 3.63) is 10.6 Å². The molecule has 7 heteroatoms. The highest BCUT2D eigenvalue weighted by molar-refractivity contribution is 7.17. The first kappa shape index (κ1) is 12.8. The smallest absolute Gasteiger partial charge is 0.347 e. The molecule has 0 aromatic carbocycles. The zero-order valence-electron chi connectivity index (χ0n) is 10.3. The summed E-state index contributed by atoms with van der Waals surface area (Å²) in [4.78, 5) is 30.6. The molecule has 0 bridgehead atoms. The van der Waals surface area contributed by atoms with E-state index >= 15 is 0 Å². The second kappa shape index (κ2) is 4.93. The normalized spacial score (nSPS) is 15.9. The molecule has 2 heterocycles. The molecule has 1 saturated heterocycles. The Kier molecular flexibility index (Phi) is 3.51. The largest absolute Gasteiger partial charge is 0.477 e. The Morgan fingerprint density at radius 3 is 2.33 bits per heavy atom. The third-order valence-electron chi connectivity index (χ3n) is 2.98. The zero-order valence-corrected chi connectivity index (χ0v) is 11.2. The van der Waals surface area contributed by atoms with E-state index in [1.807, 2.05) is 4.90 Å². The van der Waals surface area contributed by atoms with Gasteiger partial charge in [-0.15, -0.1) is 0 Å². The highest BCUT2D eigenvalue weighted by atomic mass is 32.1. The van der Waals surface area contributed by atoms with Gasteiger partial charge in [0.1, 0.15) is 4.88 Å². The van der Waals surface area contributed by atoms with Crippen molar-refractivity contribution in [1.82, 2.24) is 9.88 Å². The fourth-order valence-corrected chi connectivity index (χ4v) is 2.89. The second-order valence-electron chi connectivity index (χ2n) is 4.21. The lowest BCUT2D eigenvalue weighted by Crippen LogP contribution is -2.48. The number of aryl methyl sites for hydroxylation is 1. The van der Waals surface area contributed by atoms with Crippen LogP contribution in [-0.4, -0.2) is 53.0 Å². The monoisotopic (exact) mass is 269 g/mol. The molecule has 1 aliphatic rings. The molecule has 1 aromatic rings. The van der Waals surface area contributed by atoms with Crippen molar-refractivity contribution in [2.24, 2.45) is 0 Å². The van der Waals surface area contributed by atoms with Crippen LogP contribution in [0.4, 0.5) is 5.13 Å². The first-order valence-electron chi connectivity index (χ1n) is 5.70. The lowest BCUT2D eigenvalue weighted by atomic mass is 10.3. The summed E-state index contributed by atoms with van der Waals surface area (Å²) >= 11 is 1.20. The number of carboxylic acid groups (broad SMARTS) is 1. The van der Waals surface area contributed by atoms with Crippen molar-refractivity contribution >= 4 is 28.3 Å². The average molecular weight is 269 g/mol. The molecular formula is C11H15N3O3S. The lowest BCUT2D eigenvalue weighted by molar-refractivity contribution is -0.129. The van der Waals surface area contributed by atoms with Gasteiger partial charge in [-0.05, 0) is 6.92 Å². The topological polar surface area (TPSA) is 73.7 Å². The third kappa shape index (κ3) is 2.45. The van der Waals surface area contributed by atoms with Gasteiger partial charge in [0.05, 0.1) is 5.69 Å². The van der Waals surface area contributed by atoms with E-state index in [2.05, 4.69) is 4.98 Å². The van der Waals surface area contributed by atoms with Crippen LogP contribution >= 0.6 is 11.3 Å². The lowest BCUT2D eigenvalue weighted by Gasteiger charge is -2.33. The van der Waals surface area contributed by atoms with Crippen molar-refractivity contribution in [2.75, 3.05) is 31.1 Å². The number of thiazole rings is 1. The van der Waals surface area contributed by atoms with Crippen LogP contribution in [0.3, 0.4) is 0 Å². The first-order valence-corrected chi connectivity index (χ1v) is 6.52. The highest BCUT2D eigenvalue weighted by Gasteiger charge is 2.23. The van der Waals surface area contributed by atoms with Crippen LogP contribution in [0.5, 0.6) is 0 Å². The van der Waals surface area contributed by atoms with Crippen LogP contribution in [0.2, 0.25) is 0 Å². The Hall–Kier alpha value is -1.63. The molecule has 0 unspecified atom stereocenters. The van der Waals surface area contributed by atoms with Gasteiger partial charge in [0.2, 0.25) is 5.91 Å². The summed E-state index contributed by atoms with van der Waals surface area (Å²) in [6, 6.07) is 0. The Bertz CT molecular complexity index is 478. The number of aromatic nitrogens is 1. The molecule has 1 fully saturated rings. The maximum Gasteiger partial charge on any atom is 0.347 e. The van der Waals surface area contributed by atoms with Crippen molar-refractivity contribution in [1.29, 1.82) is 0 Å². The fraction of sp³-hybridized carbons (Fsp3) is 0.545. The molecule has 0 radical (unpaired) electrons. The van der Waals surface area contributed by atoms with E-state index in [-0.39, 0.29) is 5.91 Å². The van der Waals surface area contributed by atoms with Crippen molar-refractivity contribution in [3.8, 4) is 0 Å². The van der Waals surface area contributed by atoms with Crippen LogP contribution in [0.15, 0.2) is 0 Å². The van der Waals surface area contributed by atoms with Crippen LogP contribution in [0, 0.1) is 6.92 Å². The van der Waals surface area contributed by atoms with E-state index in [1.165, 1.54) is 11.3 Å². The minimum atomic E-state index is -0.932. The van der Waals surface area contributed by atoms with Gasteiger partial charge in [0.25, 0.3) is 0 Å². The number of aromatic carboxylic acids is 1. The number of carbonyl (C=O) groups is 2. The van der Waals surface area contributed by atoms with Crippen molar-refractivity contribution in [2.45, 2.75) is 13.8 Å². The molecule has 0 saturated carbocycles. The maximum absolute atomic E-state index is 11.2. The number of hydrogen-bond acceptors (Lipinski definition) is 5. The Labute approximate surface area is 109 Å². The minimum absolute atomic E-state index is 0.0798. The van der Waals surface area contributed by atoms with E-state index < -0.39 is 5.97 Å². The van der Waals surface area contributed by atoms with E-state index in [0.29, 0.717) is 36.8 Å². The Balaban J connectivity index is 2.08. The fourth-order valence-electron chi connectivity index (χ4n) is 1.93. The number of piperazine rings is 1. The van der Waals surface area contributed by atoms with Crippen LogP contribution in [0.1, 0.15) is 22.3 Å². The van der Waals surface area contributed by atoms with Gasteiger partial charge in [-0.2, -0.15) is 0 Å². The first-order chi connectivity index (χ1) is 8.49. The molecule has 18 heavy (non-hydrogen) atoms. The zero-order chi connectivity index (χ0) is 13.3. The molecule has 2 rings (SSSR count). The molecule has 0 aliphatic carbocycles. The number of hydrogen-bond donors (Lipinski definition) is 1. The van der Waals surface area contributed by atoms with Gasteiger partial charge in [-0.25, -0.2) is 9.78 Å². The van der Waals surface area contributed by atoms with Crippen LogP contribution in [0.25, 0.3) is 0 Å². The highest BCUT2D eigenvalue weighted by Crippen LogP contribution is 2.26. The summed E-state index contributed by atoms with van der Waals surface area (Å²) in [5.41, 5.74) is 0.552. The van der Waals surface area contributed by atoms with E-state index in [4.69, 9.17) is 5.11 Å². The van der Waals surface area contributed by atoms with Crippen LogP contribution < -0.4 is 4.90 Å². The average Bonchev–Trinajstić information content (AvgIpc) is 2.71. The van der Waals surface area contributed by atoms with Gasteiger partial charge in [-0.1, -0.05) is 11.3 Å². The number of carbonyl (C=O) groups excluding carboxylic acids is 1. The van der Waals surface area contributed by atoms with E-state index in [9.17, 15) is 9.59 Å². The van der Waals surface area contributed by atoms with E-state index in [1.54, 1.807) is 18.7 Å². The molecule has 1 aliphatic heterocycles. The molecular weight excluding hydrogens is 254 g/mol. The standard InChI is InChI=1S/C11H15N3O3S/c1-7-9(10(16)17)18-11(12-7)14-5-3-13(4-6-14)8(2)15/h3-6H2,1-2H3,(H,16,17). The minimum Gasteiger partial charge on any atom is -0.477 e. The predicted molar refractivity (Wildman–Crippen MR) is 68.3 cm³/mol. The van der Waals surface area contributed by atoms with Gasteiger partial charge >= 0.3 is 5.97 Å². The summed E-state index contributed by atoms with van der Waals surface area (Å²) in [5.74, 6) is -0.852. The maximum atomic E-state index is 11.2.